The van der Waals surface area contributed by atoms with Gasteiger partial charge in [0.15, 0.2) is 6.61 Å². The van der Waals surface area contributed by atoms with Crippen molar-refractivity contribution in [3.05, 3.63) is 53.0 Å². The lowest BCUT2D eigenvalue weighted by Crippen LogP contribution is -2.51. The monoisotopic (exact) mass is 482 g/mol. The predicted octanol–water partition coefficient (Wildman–Crippen LogP) is 2.76. The van der Waals surface area contributed by atoms with Crippen LogP contribution in [-0.4, -0.2) is 62.9 Å². The molecule has 0 saturated carbocycles. The molecule has 9 heteroatoms. The number of halogens is 1. The quantitative estimate of drug-likeness (QED) is 0.606. The fraction of sp³-hybridized carbons (Fsp3) is 0.350. The van der Waals surface area contributed by atoms with Crippen LogP contribution >= 0.6 is 15.9 Å². The highest BCUT2D eigenvalue weighted by Gasteiger charge is 2.30. The van der Waals surface area contributed by atoms with Gasteiger partial charge in [-0.1, -0.05) is 22.0 Å². The molecule has 7 nitrogen and oxygen atoms in total. The molecule has 1 aliphatic heterocycles. The zero-order valence-electron chi connectivity index (χ0n) is 16.1. The number of amides is 1. The number of piperazine rings is 1. The standard InChI is InChI=1S/C20H23BrN2O5S/c1-2-27-17-6-8-18(9-7-17)28-15-20(24)22-10-12-23(13-11-22)29(25,26)19-5-3-4-16(21)14-19/h3-9,14H,2,10-13,15H2,1H3. The minimum Gasteiger partial charge on any atom is -0.494 e. The molecular formula is C20H23BrN2O5S. The Morgan fingerprint density at radius 1 is 1.00 bits per heavy atom. The Hall–Kier alpha value is -2.10. The molecule has 1 aliphatic rings. The molecule has 0 bridgehead atoms. The maximum Gasteiger partial charge on any atom is 0.260 e. The fourth-order valence-corrected chi connectivity index (χ4v) is 5.01. The van der Waals surface area contributed by atoms with Gasteiger partial charge in [-0.05, 0) is 49.4 Å². The van der Waals surface area contributed by atoms with Crippen molar-refractivity contribution in [3.63, 3.8) is 0 Å². The lowest BCUT2D eigenvalue weighted by Gasteiger charge is -2.34. The van der Waals surface area contributed by atoms with Gasteiger partial charge in [0.05, 0.1) is 11.5 Å². The molecule has 1 amide bonds. The van der Waals surface area contributed by atoms with Crippen molar-refractivity contribution in [2.45, 2.75) is 11.8 Å². The highest BCUT2D eigenvalue weighted by Crippen LogP contribution is 2.21. The van der Waals surface area contributed by atoms with Crippen LogP contribution in [0.4, 0.5) is 0 Å². The van der Waals surface area contributed by atoms with Gasteiger partial charge in [-0.25, -0.2) is 8.42 Å². The first kappa shape index (κ1) is 21.6. The molecular weight excluding hydrogens is 460 g/mol. The van der Waals surface area contributed by atoms with E-state index in [0.29, 0.717) is 29.9 Å². The summed E-state index contributed by atoms with van der Waals surface area (Å²) in [5, 5.41) is 0. The molecule has 1 heterocycles. The second-order valence-corrected chi connectivity index (χ2v) is 9.29. The number of hydrogen-bond acceptors (Lipinski definition) is 5. The van der Waals surface area contributed by atoms with E-state index in [0.717, 1.165) is 5.75 Å². The first-order chi connectivity index (χ1) is 13.9. The van der Waals surface area contributed by atoms with Gasteiger partial charge in [-0.2, -0.15) is 4.31 Å². The van der Waals surface area contributed by atoms with Gasteiger partial charge in [0, 0.05) is 30.7 Å². The Balaban J connectivity index is 1.51. The Bertz CT molecular complexity index is 942. The SMILES string of the molecule is CCOc1ccc(OCC(=O)N2CCN(S(=O)(=O)c3cccc(Br)c3)CC2)cc1. The summed E-state index contributed by atoms with van der Waals surface area (Å²) in [6.07, 6.45) is 0. The number of nitrogens with zero attached hydrogens (tertiary/aromatic N) is 2. The normalized spacial score (nSPS) is 15.2. The molecule has 1 saturated heterocycles. The lowest BCUT2D eigenvalue weighted by atomic mass is 10.3. The van der Waals surface area contributed by atoms with Crippen molar-refractivity contribution in [2.75, 3.05) is 39.4 Å². The highest BCUT2D eigenvalue weighted by molar-refractivity contribution is 9.10. The van der Waals surface area contributed by atoms with Crippen molar-refractivity contribution in [2.24, 2.45) is 0 Å². The summed E-state index contributed by atoms with van der Waals surface area (Å²) in [5.74, 6) is 1.16. The zero-order valence-corrected chi connectivity index (χ0v) is 18.5. The second kappa shape index (κ2) is 9.60. The largest absolute Gasteiger partial charge is 0.494 e. The third-order valence-corrected chi connectivity index (χ3v) is 6.91. The van der Waals surface area contributed by atoms with E-state index in [1.165, 1.54) is 4.31 Å². The van der Waals surface area contributed by atoms with Crippen LogP contribution < -0.4 is 9.47 Å². The van der Waals surface area contributed by atoms with Crippen LogP contribution in [0.15, 0.2) is 57.9 Å². The van der Waals surface area contributed by atoms with Crippen LogP contribution in [0.5, 0.6) is 11.5 Å². The van der Waals surface area contributed by atoms with Gasteiger partial charge in [0.25, 0.3) is 5.91 Å². The minimum atomic E-state index is -3.58. The highest BCUT2D eigenvalue weighted by atomic mass is 79.9. The van der Waals surface area contributed by atoms with Crippen LogP contribution in [0.1, 0.15) is 6.92 Å². The zero-order chi connectivity index (χ0) is 20.9. The van der Waals surface area contributed by atoms with E-state index in [2.05, 4.69) is 15.9 Å². The summed E-state index contributed by atoms with van der Waals surface area (Å²) >= 11 is 3.30. The number of carbonyl (C=O) groups excluding carboxylic acids is 1. The summed E-state index contributed by atoms with van der Waals surface area (Å²) in [7, 11) is -3.58. The topological polar surface area (TPSA) is 76.2 Å². The molecule has 2 aromatic rings. The summed E-state index contributed by atoms with van der Waals surface area (Å²) in [4.78, 5) is 14.3. The van der Waals surface area contributed by atoms with Crippen molar-refractivity contribution in [3.8, 4) is 11.5 Å². The van der Waals surface area contributed by atoms with E-state index >= 15 is 0 Å². The van der Waals surface area contributed by atoms with Gasteiger partial charge in [-0.3, -0.25) is 4.79 Å². The van der Waals surface area contributed by atoms with Gasteiger partial charge in [-0.15, -0.1) is 0 Å². The first-order valence-corrected chi connectivity index (χ1v) is 11.5. The van der Waals surface area contributed by atoms with Crippen molar-refractivity contribution in [1.82, 2.24) is 9.21 Å². The molecule has 0 unspecified atom stereocenters. The number of carbonyl (C=O) groups is 1. The molecule has 156 valence electrons. The van der Waals surface area contributed by atoms with Crippen molar-refractivity contribution < 1.29 is 22.7 Å². The molecule has 0 N–H and O–H groups in total. The summed E-state index contributed by atoms with van der Waals surface area (Å²) in [6.45, 7) is 3.58. The summed E-state index contributed by atoms with van der Waals surface area (Å²) < 4.78 is 38.6. The lowest BCUT2D eigenvalue weighted by molar-refractivity contribution is -0.134. The van der Waals surface area contributed by atoms with E-state index in [-0.39, 0.29) is 30.5 Å². The first-order valence-electron chi connectivity index (χ1n) is 9.29. The van der Waals surface area contributed by atoms with Crippen LogP contribution in [0, 0.1) is 0 Å². The van der Waals surface area contributed by atoms with Gasteiger partial charge < -0.3 is 14.4 Å². The van der Waals surface area contributed by atoms with Crippen LogP contribution in [0.25, 0.3) is 0 Å². The number of hydrogen-bond donors (Lipinski definition) is 0. The van der Waals surface area contributed by atoms with E-state index in [4.69, 9.17) is 9.47 Å². The second-order valence-electron chi connectivity index (χ2n) is 6.44. The number of ether oxygens (including phenoxy) is 2. The maximum atomic E-state index is 12.8. The maximum absolute atomic E-state index is 12.8. The smallest absolute Gasteiger partial charge is 0.260 e. The van der Waals surface area contributed by atoms with Gasteiger partial charge in [0.2, 0.25) is 10.0 Å². The van der Waals surface area contributed by atoms with E-state index in [1.54, 1.807) is 53.4 Å². The van der Waals surface area contributed by atoms with Crippen molar-refractivity contribution >= 4 is 31.9 Å². The average Bonchev–Trinajstić information content (AvgIpc) is 2.73. The molecule has 29 heavy (non-hydrogen) atoms. The molecule has 3 rings (SSSR count). The van der Waals surface area contributed by atoms with E-state index < -0.39 is 10.0 Å². The number of sulfonamides is 1. The molecule has 0 spiro atoms. The number of benzene rings is 2. The van der Waals surface area contributed by atoms with Gasteiger partial charge in [0.1, 0.15) is 11.5 Å². The Morgan fingerprint density at radius 2 is 1.62 bits per heavy atom. The third-order valence-electron chi connectivity index (χ3n) is 4.52. The third kappa shape index (κ3) is 5.49. The Kier molecular flexibility index (Phi) is 7.15. The van der Waals surface area contributed by atoms with Crippen LogP contribution in [0.3, 0.4) is 0 Å². The van der Waals surface area contributed by atoms with E-state index in [1.807, 2.05) is 6.92 Å². The van der Waals surface area contributed by atoms with Gasteiger partial charge >= 0.3 is 0 Å². The van der Waals surface area contributed by atoms with Crippen LogP contribution in [-0.2, 0) is 14.8 Å². The molecule has 2 aromatic carbocycles. The van der Waals surface area contributed by atoms with Crippen LogP contribution in [0.2, 0.25) is 0 Å². The molecule has 0 radical (unpaired) electrons. The summed E-state index contributed by atoms with van der Waals surface area (Å²) in [5.41, 5.74) is 0. The average molecular weight is 483 g/mol. The predicted molar refractivity (Wildman–Crippen MR) is 113 cm³/mol. The molecule has 0 aromatic heterocycles. The fourth-order valence-electron chi connectivity index (χ4n) is 2.99. The molecule has 0 atom stereocenters. The molecule has 1 fully saturated rings. The Labute approximate surface area is 179 Å². The minimum absolute atomic E-state index is 0.0909. The Morgan fingerprint density at radius 3 is 2.21 bits per heavy atom. The summed E-state index contributed by atoms with van der Waals surface area (Å²) in [6, 6.07) is 13.7. The van der Waals surface area contributed by atoms with E-state index in [9.17, 15) is 13.2 Å². The molecule has 0 aliphatic carbocycles. The van der Waals surface area contributed by atoms with Crippen molar-refractivity contribution in [1.29, 1.82) is 0 Å². The number of rotatable bonds is 7.